The Hall–Kier alpha value is -1.74. The number of rotatable bonds is 6. The van der Waals surface area contributed by atoms with Crippen molar-refractivity contribution >= 4 is 0 Å². The number of hydrogen-bond acceptors (Lipinski definition) is 3. The molecule has 0 spiro atoms. The second-order valence-corrected chi connectivity index (χ2v) is 4.55. The maximum absolute atomic E-state index is 5.82. The summed E-state index contributed by atoms with van der Waals surface area (Å²) in [5.74, 6) is 2.91. The van der Waals surface area contributed by atoms with Gasteiger partial charge in [-0.1, -0.05) is 19.1 Å². The number of nitrogens with one attached hydrogen (secondary N) is 1. The van der Waals surface area contributed by atoms with Gasteiger partial charge < -0.3 is 14.5 Å². The SMILES string of the molecule is CCc1ccc(C(Cc2ccc(OC)cc2)NC)o1. The van der Waals surface area contributed by atoms with Gasteiger partial charge in [0.1, 0.15) is 17.3 Å². The van der Waals surface area contributed by atoms with Crippen LogP contribution in [0.25, 0.3) is 0 Å². The Morgan fingerprint density at radius 2 is 1.89 bits per heavy atom. The molecule has 1 unspecified atom stereocenters. The monoisotopic (exact) mass is 259 g/mol. The van der Waals surface area contributed by atoms with Gasteiger partial charge in [-0.05, 0) is 43.3 Å². The summed E-state index contributed by atoms with van der Waals surface area (Å²) in [4.78, 5) is 0. The number of likely N-dealkylation sites (N-methyl/N-ethyl adjacent to an activating group) is 1. The number of methoxy groups -OCH3 is 1. The Kier molecular flexibility index (Phi) is 4.63. The van der Waals surface area contributed by atoms with Crippen LogP contribution in [0.15, 0.2) is 40.8 Å². The highest BCUT2D eigenvalue weighted by Crippen LogP contribution is 2.22. The third-order valence-electron chi connectivity index (χ3n) is 3.32. The van der Waals surface area contributed by atoms with E-state index in [-0.39, 0.29) is 6.04 Å². The van der Waals surface area contributed by atoms with E-state index in [1.54, 1.807) is 7.11 Å². The minimum Gasteiger partial charge on any atom is -0.497 e. The summed E-state index contributed by atoms with van der Waals surface area (Å²) in [5, 5.41) is 3.31. The van der Waals surface area contributed by atoms with Crippen LogP contribution in [0.2, 0.25) is 0 Å². The highest BCUT2D eigenvalue weighted by molar-refractivity contribution is 5.28. The van der Waals surface area contributed by atoms with Crippen molar-refractivity contribution in [1.82, 2.24) is 5.32 Å². The molecule has 0 amide bonds. The highest BCUT2D eigenvalue weighted by atomic mass is 16.5. The molecule has 0 radical (unpaired) electrons. The topological polar surface area (TPSA) is 34.4 Å². The van der Waals surface area contributed by atoms with Crippen LogP contribution in [0.5, 0.6) is 5.75 Å². The molecule has 0 bridgehead atoms. The number of aryl methyl sites for hydroxylation is 1. The van der Waals surface area contributed by atoms with Crippen LogP contribution in [0.3, 0.4) is 0 Å². The van der Waals surface area contributed by atoms with Crippen molar-refractivity contribution in [3.05, 3.63) is 53.5 Å². The average molecular weight is 259 g/mol. The van der Waals surface area contributed by atoms with Crippen molar-refractivity contribution in [2.24, 2.45) is 0 Å². The number of furan rings is 1. The van der Waals surface area contributed by atoms with E-state index in [4.69, 9.17) is 9.15 Å². The Bertz CT molecular complexity index is 502. The first-order valence-corrected chi connectivity index (χ1v) is 6.65. The third kappa shape index (κ3) is 3.38. The summed E-state index contributed by atoms with van der Waals surface area (Å²) in [6, 6.07) is 12.5. The lowest BCUT2D eigenvalue weighted by molar-refractivity contribution is 0.405. The van der Waals surface area contributed by atoms with E-state index in [0.717, 1.165) is 30.1 Å². The predicted octanol–water partition coefficient (Wildman–Crippen LogP) is 3.35. The first-order valence-electron chi connectivity index (χ1n) is 6.65. The zero-order valence-corrected chi connectivity index (χ0v) is 11.8. The van der Waals surface area contributed by atoms with Crippen molar-refractivity contribution < 1.29 is 9.15 Å². The van der Waals surface area contributed by atoms with Gasteiger partial charge in [0.05, 0.1) is 13.2 Å². The molecule has 3 heteroatoms. The molecule has 0 aliphatic carbocycles. The molecule has 1 aromatic carbocycles. The molecule has 19 heavy (non-hydrogen) atoms. The summed E-state index contributed by atoms with van der Waals surface area (Å²) in [6.07, 6.45) is 1.83. The van der Waals surface area contributed by atoms with E-state index in [1.165, 1.54) is 5.56 Å². The van der Waals surface area contributed by atoms with Gasteiger partial charge >= 0.3 is 0 Å². The average Bonchev–Trinajstić information content (AvgIpc) is 2.94. The Morgan fingerprint density at radius 3 is 2.42 bits per heavy atom. The van der Waals surface area contributed by atoms with Crippen LogP contribution in [0.1, 0.15) is 30.0 Å². The summed E-state index contributed by atoms with van der Waals surface area (Å²) < 4.78 is 11.0. The smallest absolute Gasteiger partial charge is 0.121 e. The first kappa shape index (κ1) is 13.7. The minimum absolute atomic E-state index is 0.202. The predicted molar refractivity (Wildman–Crippen MR) is 76.6 cm³/mol. The van der Waals surface area contributed by atoms with Gasteiger partial charge in [-0.15, -0.1) is 0 Å². The van der Waals surface area contributed by atoms with Crippen molar-refractivity contribution in [2.45, 2.75) is 25.8 Å². The minimum atomic E-state index is 0.202. The van der Waals surface area contributed by atoms with Gasteiger partial charge in [0.15, 0.2) is 0 Å². The molecule has 0 aliphatic rings. The molecule has 2 aromatic rings. The Labute approximate surface area is 114 Å². The molecule has 1 aromatic heterocycles. The largest absolute Gasteiger partial charge is 0.497 e. The molecule has 3 nitrogen and oxygen atoms in total. The zero-order chi connectivity index (χ0) is 13.7. The molecule has 2 rings (SSSR count). The third-order valence-corrected chi connectivity index (χ3v) is 3.32. The standard InChI is InChI=1S/C16H21NO2/c1-4-13-9-10-16(19-13)15(17-2)11-12-5-7-14(18-3)8-6-12/h5-10,15,17H,4,11H2,1-3H3. The normalized spacial score (nSPS) is 12.4. The van der Waals surface area contributed by atoms with Crippen LogP contribution >= 0.6 is 0 Å². The summed E-state index contributed by atoms with van der Waals surface area (Å²) >= 11 is 0. The fourth-order valence-electron chi connectivity index (χ4n) is 2.11. The van der Waals surface area contributed by atoms with Gasteiger partial charge in [0.2, 0.25) is 0 Å². The van der Waals surface area contributed by atoms with E-state index < -0.39 is 0 Å². The van der Waals surface area contributed by atoms with Crippen LogP contribution < -0.4 is 10.1 Å². The van der Waals surface area contributed by atoms with E-state index >= 15 is 0 Å². The van der Waals surface area contributed by atoms with Crippen LogP contribution in [-0.2, 0) is 12.8 Å². The van der Waals surface area contributed by atoms with Crippen molar-refractivity contribution in [2.75, 3.05) is 14.2 Å². The number of hydrogen-bond donors (Lipinski definition) is 1. The Morgan fingerprint density at radius 1 is 1.16 bits per heavy atom. The zero-order valence-electron chi connectivity index (χ0n) is 11.8. The molecule has 0 saturated carbocycles. The Balaban J connectivity index is 2.09. The lowest BCUT2D eigenvalue weighted by Gasteiger charge is -2.14. The maximum atomic E-state index is 5.82. The molecule has 1 atom stereocenters. The molecule has 0 aliphatic heterocycles. The van der Waals surface area contributed by atoms with Gasteiger partial charge in [-0.3, -0.25) is 0 Å². The summed E-state index contributed by atoms with van der Waals surface area (Å²) in [7, 11) is 3.64. The molecular weight excluding hydrogens is 238 g/mol. The fraction of sp³-hybridized carbons (Fsp3) is 0.375. The van der Waals surface area contributed by atoms with Crippen molar-refractivity contribution in [1.29, 1.82) is 0 Å². The quantitative estimate of drug-likeness (QED) is 0.864. The lowest BCUT2D eigenvalue weighted by atomic mass is 10.0. The van der Waals surface area contributed by atoms with Gasteiger partial charge in [0, 0.05) is 6.42 Å². The van der Waals surface area contributed by atoms with Crippen molar-refractivity contribution in [3.8, 4) is 5.75 Å². The second-order valence-electron chi connectivity index (χ2n) is 4.55. The van der Waals surface area contributed by atoms with Crippen LogP contribution in [-0.4, -0.2) is 14.2 Å². The maximum Gasteiger partial charge on any atom is 0.121 e. The van der Waals surface area contributed by atoms with E-state index in [1.807, 2.05) is 25.2 Å². The van der Waals surface area contributed by atoms with Gasteiger partial charge in [-0.25, -0.2) is 0 Å². The number of ether oxygens (including phenoxy) is 1. The molecule has 0 fully saturated rings. The van der Waals surface area contributed by atoms with Crippen molar-refractivity contribution in [3.63, 3.8) is 0 Å². The molecule has 1 heterocycles. The molecular formula is C16H21NO2. The molecule has 1 N–H and O–H groups in total. The fourth-order valence-corrected chi connectivity index (χ4v) is 2.11. The van der Waals surface area contributed by atoms with Crippen LogP contribution in [0, 0.1) is 0 Å². The van der Waals surface area contributed by atoms with E-state index in [2.05, 4.69) is 30.4 Å². The van der Waals surface area contributed by atoms with Crippen LogP contribution in [0.4, 0.5) is 0 Å². The first-order chi connectivity index (χ1) is 9.26. The lowest BCUT2D eigenvalue weighted by Crippen LogP contribution is -2.18. The summed E-state index contributed by atoms with van der Waals surface area (Å²) in [5.41, 5.74) is 1.26. The van der Waals surface area contributed by atoms with Gasteiger partial charge in [-0.2, -0.15) is 0 Å². The highest BCUT2D eigenvalue weighted by Gasteiger charge is 2.14. The van der Waals surface area contributed by atoms with E-state index in [0.29, 0.717) is 0 Å². The van der Waals surface area contributed by atoms with E-state index in [9.17, 15) is 0 Å². The number of benzene rings is 1. The molecule has 102 valence electrons. The summed E-state index contributed by atoms with van der Waals surface area (Å²) in [6.45, 7) is 2.10. The van der Waals surface area contributed by atoms with Gasteiger partial charge in [0.25, 0.3) is 0 Å². The molecule has 0 saturated heterocycles. The second kappa shape index (κ2) is 6.43.